The van der Waals surface area contributed by atoms with E-state index in [9.17, 15) is 4.79 Å². The Morgan fingerprint density at radius 2 is 1.64 bits per heavy atom. The summed E-state index contributed by atoms with van der Waals surface area (Å²) in [7, 11) is 0. The molecular formula is C26H31ClN8O. The molecule has 2 heterocycles. The summed E-state index contributed by atoms with van der Waals surface area (Å²) in [5, 5.41) is 19.0. The molecule has 0 radical (unpaired) electrons. The van der Waals surface area contributed by atoms with Crippen LogP contribution >= 0.6 is 11.6 Å². The van der Waals surface area contributed by atoms with Gasteiger partial charge in [-0.05, 0) is 50.2 Å². The summed E-state index contributed by atoms with van der Waals surface area (Å²) in [6.07, 6.45) is 1.94. The number of hydrogen-bond donors (Lipinski definition) is 3. The van der Waals surface area contributed by atoms with Crippen LogP contribution in [-0.4, -0.2) is 59.3 Å². The molecule has 0 bridgehead atoms. The standard InChI is InChI=1S/C26H31ClN8O/c1-18-17-31-35(23-7-5-4-6-8-23)34(18)16-15-30-25-19(2)24(29-14-13-28-20(3)36)32-26(33-25)21-9-11-22(27)12-10-21/h4-12,17-18H,13-16H2,1-3H3,(H,28,36)(H2,29,30,32,33). The van der Waals surface area contributed by atoms with Crippen LogP contribution in [0.5, 0.6) is 0 Å². The SMILES string of the molecule is CC(=O)NCCNc1nc(-c2ccc(Cl)cc2)nc(NCCN2C(C)C=NN2c2ccccc2)c1C. The molecule has 2 aromatic carbocycles. The largest absolute Gasteiger partial charge is 0.368 e. The Kier molecular flexibility index (Phi) is 8.35. The van der Waals surface area contributed by atoms with Crippen LogP contribution in [0, 0.1) is 6.92 Å². The lowest BCUT2D eigenvalue weighted by Gasteiger charge is -2.30. The van der Waals surface area contributed by atoms with Crippen LogP contribution in [0.1, 0.15) is 19.4 Å². The summed E-state index contributed by atoms with van der Waals surface area (Å²) in [4.78, 5) is 20.8. The minimum absolute atomic E-state index is 0.0647. The number of nitrogens with zero attached hydrogens (tertiary/aromatic N) is 5. The molecule has 0 fully saturated rings. The predicted octanol–water partition coefficient (Wildman–Crippen LogP) is 4.18. The lowest BCUT2D eigenvalue weighted by Crippen LogP contribution is -2.43. The zero-order chi connectivity index (χ0) is 25.5. The molecule has 0 spiro atoms. The maximum atomic E-state index is 11.2. The number of carbonyl (C=O) groups is 1. The maximum Gasteiger partial charge on any atom is 0.216 e. The average Bonchev–Trinajstić information content (AvgIpc) is 3.24. The Labute approximate surface area is 216 Å². The molecule has 1 unspecified atom stereocenters. The van der Waals surface area contributed by atoms with Crippen LogP contribution in [0.2, 0.25) is 5.02 Å². The number of nitrogens with one attached hydrogen (secondary N) is 3. The molecule has 10 heteroatoms. The van der Waals surface area contributed by atoms with E-state index < -0.39 is 0 Å². The number of benzene rings is 2. The summed E-state index contributed by atoms with van der Waals surface area (Å²) < 4.78 is 0. The smallest absolute Gasteiger partial charge is 0.216 e. The maximum absolute atomic E-state index is 11.2. The van der Waals surface area contributed by atoms with E-state index in [4.69, 9.17) is 21.6 Å². The van der Waals surface area contributed by atoms with E-state index in [0.29, 0.717) is 36.3 Å². The van der Waals surface area contributed by atoms with Gasteiger partial charge in [0.2, 0.25) is 5.91 Å². The number of hydrogen-bond acceptors (Lipinski definition) is 8. The third-order valence-electron chi connectivity index (χ3n) is 5.77. The first-order valence-electron chi connectivity index (χ1n) is 11.9. The van der Waals surface area contributed by atoms with Gasteiger partial charge in [0.25, 0.3) is 0 Å². The fourth-order valence-electron chi connectivity index (χ4n) is 3.85. The minimum atomic E-state index is -0.0647. The van der Waals surface area contributed by atoms with Gasteiger partial charge in [-0.3, -0.25) is 4.79 Å². The third-order valence-corrected chi connectivity index (χ3v) is 6.02. The Bertz CT molecular complexity index is 1200. The van der Waals surface area contributed by atoms with Crippen molar-refractivity contribution in [3.63, 3.8) is 0 Å². The lowest BCUT2D eigenvalue weighted by atomic mass is 10.2. The Balaban J connectivity index is 1.50. The molecule has 0 aliphatic carbocycles. The Hall–Kier alpha value is -3.69. The van der Waals surface area contributed by atoms with Crippen molar-refractivity contribution >= 4 is 41.0 Å². The number of halogens is 1. The van der Waals surface area contributed by atoms with E-state index in [1.165, 1.54) is 6.92 Å². The monoisotopic (exact) mass is 506 g/mol. The first kappa shape index (κ1) is 25.4. The molecule has 1 aliphatic rings. The van der Waals surface area contributed by atoms with Crippen molar-refractivity contribution in [2.45, 2.75) is 26.8 Å². The van der Waals surface area contributed by atoms with Crippen LogP contribution < -0.4 is 21.1 Å². The molecule has 1 amide bonds. The van der Waals surface area contributed by atoms with Gasteiger partial charge in [-0.15, -0.1) is 0 Å². The van der Waals surface area contributed by atoms with Gasteiger partial charge in [0, 0.05) is 55.5 Å². The zero-order valence-electron chi connectivity index (χ0n) is 20.7. The van der Waals surface area contributed by atoms with Gasteiger partial charge >= 0.3 is 0 Å². The van der Waals surface area contributed by atoms with Crippen LogP contribution in [0.3, 0.4) is 0 Å². The van der Waals surface area contributed by atoms with Gasteiger partial charge in [0.1, 0.15) is 11.6 Å². The second-order valence-corrected chi connectivity index (χ2v) is 8.94. The van der Waals surface area contributed by atoms with E-state index in [0.717, 1.165) is 29.2 Å². The van der Waals surface area contributed by atoms with E-state index >= 15 is 0 Å². The van der Waals surface area contributed by atoms with Gasteiger partial charge in [-0.25, -0.2) is 9.97 Å². The second-order valence-electron chi connectivity index (χ2n) is 8.51. The summed E-state index contributed by atoms with van der Waals surface area (Å²) in [6, 6.07) is 17.7. The topological polar surface area (TPSA) is 97.8 Å². The van der Waals surface area contributed by atoms with Crippen molar-refractivity contribution in [2.75, 3.05) is 41.9 Å². The molecular weight excluding hydrogens is 476 g/mol. The molecule has 1 atom stereocenters. The van der Waals surface area contributed by atoms with Crippen LogP contribution in [0.4, 0.5) is 17.3 Å². The van der Waals surface area contributed by atoms with Gasteiger partial charge < -0.3 is 16.0 Å². The number of rotatable bonds is 10. The molecule has 4 rings (SSSR count). The normalized spacial score (nSPS) is 15.2. The van der Waals surface area contributed by atoms with Crippen molar-refractivity contribution in [3.05, 3.63) is 65.2 Å². The number of hydrazine groups is 1. The fraction of sp³-hybridized carbons (Fsp3) is 0.308. The highest BCUT2D eigenvalue weighted by atomic mass is 35.5. The molecule has 9 nitrogen and oxygen atoms in total. The number of hydrazone groups is 1. The molecule has 188 valence electrons. The van der Waals surface area contributed by atoms with Crippen molar-refractivity contribution in [3.8, 4) is 11.4 Å². The summed E-state index contributed by atoms with van der Waals surface area (Å²) >= 11 is 6.08. The van der Waals surface area contributed by atoms with E-state index in [1.807, 2.05) is 72.9 Å². The molecule has 3 N–H and O–H groups in total. The second kappa shape index (κ2) is 11.8. The highest BCUT2D eigenvalue weighted by molar-refractivity contribution is 6.30. The number of anilines is 3. The van der Waals surface area contributed by atoms with Crippen LogP contribution in [0.25, 0.3) is 11.4 Å². The van der Waals surface area contributed by atoms with Crippen molar-refractivity contribution in [1.82, 2.24) is 20.3 Å². The summed E-state index contributed by atoms with van der Waals surface area (Å²) in [5.74, 6) is 1.98. The average molecular weight is 507 g/mol. The number of para-hydroxylation sites is 1. The van der Waals surface area contributed by atoms with Crippen molar-refractivity contribution in [1.29, 1.82) is 0 Å². The summed E-state index contributed by atoms with van der Waals surface area (Å²) in [5.41, 5.74) is 2.79. The highest BCUT2D eigenvalue weighted by Gasteiger charge is 2.25. The Morgan fingerprint density at radius 1 is 0.972 bits per heavy atom. The number of amides is 1. The van der Waals surface area contributed by atoms with Crippen LogP contribution in [-0.2, 0) is 4.79 Å². The summed E-state index contributed by atoms with van der Waals surface area (Å²) in [6.45, 7) is 8.03. The third kappa shape index (κ3) is 6.30. The van der Waals surface area contributed by atoms with Gasteiger partial charge in [0.05, 0.1) is 11.7 Å². The van der Waals surface area contributed by atoms with E-state index in [2.05, 4.69) is 33.0 Å². The van der Waals surface area contributed by atoms with Crippen molar-refractivity contribution < 1.29 is 4.79 Å². The molecule has 1 aliphatic heterocycles. The number of aromatic nitrogens is 2. The molecule has 36 heavy (non-hydrogen) atoms. The fourth-order valence-corrected chi connectivity index (χ4v) is 3.97. The zero-order valence-corrected chi connectivity index (χ0v) is 21.5. The van der Waals surface area contributed by atoms with Crippen LogP contribution in [0.15, 0.2) is 59.7 Å². The minimum Gasteiger partial charge on any atom is -0.368 e. The quantitative estimate of drug-likeness (QED) is 0.355. The van der Waals surface area contributed by atoms with E-state index in [1.54, 1.807) is 0 Å². The van der Waals surface area contributed by atoms with E-state index in [-0.39, 0.29) is 11.9 Å². The molecule has 0 saturated carbocycles. The first-order chi connectivity index (χ1) is 17.4. The molecule has 0 saturated heterocycles. The molecule has 3 aromatic rings. The van der Waals surface area contributed by atoms with Gasteiger partial charge in [-0.2, -0.15) is 15.2 Å². The highest BCUT2D eigenvalue weighted by Crippen LogP contribution is 2.26. The lowest BCUT2D eigenvalue weighted by molar-refractivity contribution is -0.118. The Morgan fingerprint density at radius 3 is 2.31 bits per heavy atom. The van der Waals surface area contributed by atoms with Gasteiger partial charge in [-0.1, -0.05) is 29.8 Å². The number of carbonyl (C=O) groups excluding carboxylic acids is 1. The van der Waals surface area contributed by atoms with Crippen molar-refractivity contribution in [2.24, 2.45) is 5.10 Å². The predicted molar refractivity (Wildman–Crippen MR) is 146 cm³/mol. The molecule has 1 aromatic heterocycles. The van der Waals surface area contributed by atoms with Gasteiger partial charge in [0.15, 0.2) is 5.82 Å². The first-order valence-corrected chi connectivity index (χ1v) is 12.3.